The number of para-hydroxylation sites is 1. The topological polar surface area (TPSA) is 63.7 Å². The van der Waals surface area contributed by atoms with E-state index in [4.69, 9.17) is 14.5 Å². The molecule has 37 heavy (non-hydrogen) atoms. The smallest absolute Gasteiger partial charge is 0.256 e. The van der Waals surface area contributed by atoms with E-state index in [1.54, 1.807) is 22.7 Å². The minimum atomic E-state index is -0.136. The summed E-state index contributed by atoms with van der Waals surface area (Å²) in [6.45, 7) is 2.37. The van der Waals surface area contributed by atoms with Crippen LogP contribution in [0.1, 0.15) is 26.4 Å². The number of fused-ring (bicyclic) bond motifs is 2. The second-order valence-electron chi connectivity index (χ2n) is 9.10. The van der Waals surface area contributed by atoms with Gasteiger partial charge in [-0.25, -0.2) is 4.98 Å². The van der Waals surface area contributed by atoms with Crippen LogP contribution in [-0.2, 0) is 6.42 Å². The summed E-state index contributed by atoms with van der Waals surface area (Å²) in [6.07, 6.45) is 0.721. The second kappa shape index (κ2) is 9.53. The molecule has 1 amide bonds. The van der Waals surface area contributed by atoms with Crippen molar-refractivity contribution < 1.29 is 14.3 Å². The maximum absolute atomic E-state index is 13.3. The number of amides is 1. The first-order valence-electron chi connectivity index (χ1n) is 11.9. The summed E-state index contributed by atoms with van der Waals surface area (Å²) in [5, 5.41) is 4.92. The van der Waals surface area contributed by atoms with Crippen LogP contribution in [0.4, 0.5) is 10.7 Å². The molecule has 8 heteroatoms. The highest BCUT2D eigenvalue weighted by Gasteiger charge is 2.23. The molecular weight excluding hydrogens is 502 g/mol. The predicted octanol–water partition coefficient (Wildman–Crippen LogP) is 6.97. The highest BCUT2D eigenvalue weighted by Crippen LogP contribution is 2.44. The molecule has 0 fully saturated rings. The van der Waals surface area contributed by atoms with Crippen molar-refractivity contribution in [3.63, 3.8) is 0 Å². The van der Waals surface area contributed by atoms with Crippen molar-refractivity contribution >= 4 is 49.5 Å². The molecule has 1 aliphatic rings. The van der Waals surface area contributed by atoms with Gasteiger partial charge >= 0.3 is 0 Å². The summed E-state index contributed by atoms with van der Waals surface area (Å²) >= 11 is 3.25. The van der Waals surface area contributed by atoms with Crippen molar-refractivity contribution in [3.05, 3.63) is 88.3 Å². The molecular formula is C29H25N3O3S2. The minimum absolute atomic E-state index is 0.136. The zero-order valence-electron chi connectivity index (χ0n) is 20.7. The summed E-state index contributed by atoms with van der Waals surface area (Å²) in [4.78, 5) is 21.4. The Morgan fingerprint density at radius 1 is 1.00 bits per heavy atom. The fourth-order valence-corrected chi connectivity index (χ4v) is 6.75. The van der Waals surface area contributed by atoms with Crippen LogP contribution in [-0.4, -0.2) is 31.8 Å². The number of nitrogens with zero attached hydrogens (tertiary/aromatic N) is 2. The predicted molar refractivity (Wildman–Crippen MR) is 152 cm³/mol. The lowest BCUT2D eigenvalue weighted by Gasteiger charge is -2.12. The van der Waals surface area contributed by atoms with Gasteiger partial charge in [0.05, 0.1) is 10.2 Å². The van der Waals surface area contributed by atoms with Gasteiger partial charge < -0.3 is 19.7 Å². The Bertz CT molecular complexity index is 1590. The van der Waals surface area contributed by atoms with Crippen LogP contribution < -0.4 is 19.7 Å². The summed E-state index contributed by atoms with van der Waals surface area (Å²) in [5.74, 6) is 1.41. The molecule has 0 unspecified atom stereocenters. The van der Waals surface area contributed by atoms with E-state index in [0.29, 0.717) is 5.56 Å². The average Bonchev–Trinajstić information content (AvgIpc) is 3.61. The summed E-state index contributed by atoms with van der Waals surface area (Å²) in [7, 11) is 3.96. The van der Waals surface area contributed by atoms with E-state index in [0.717, 1.165) is 60.5 Å². The van der Waals surface area contributed by atoms with E-state index in [2.05, 4.69) is 24.4 Å². The number of thiophene rings is 1. The molecule has 0 spiro atoms. The lowest BCUT2D eigenvalue weighted by molar-refractivity contribution is 0.102. The number of anilines is 2. The molecule has 1 N–H and O–H groups in total. The third-order valence-corrected chi connectivity index (χ3v) is 8.69. The van der Waals surface area contributed by atoms with E-state index < -0.39 is 0 Å². The highest BCUT2D eigenvalue weighted by molar-refractivity contribution is 7.23. The van der Waals surface area contributed by atoms with Gasteiger partial charge in [-0.2, -0.15) is 0 Å². The fraction of sp³-hybridized carbons (Fsp3) is 0.172. The number of hydrogen-bond donors (Lipinski definition) is 1. The van der Waals surface area contributed by atoms with Gasteiger partial charge in [0, 0.05) is 42.2 Å². The molecule has 5 aromatic rings. The van der Waals surface area contributed by atoms with Gasteiger partial charge in [-0.15, -0.1) is 22.7 Å². The number of nitrogens with one attached hydrogen (secondary N) is 1. The number of thiazole rings is 1. The van der Waals surface area contributed by atoms with Gasteiger partial charge in [-0.3, -0.25) is 4.79 Å². The molecule has 0 bridgehead atoms. The first-order valence-corrected chi connectivity index (χ1v) is 13.5. The van der Waals surface area contributed by atoms with Crippen LogP contribution in [0.25, 0.3) is 20.8 Å². The molecule has 2 aromatic heterocycles. The average molecular weight is 528 g/mol. The number of rotatable bonds is 6. The molecule has 6 rings (SSSR count). The van der Waals surface area contributed by atoms with E-state index >= 15 is 0 Å². The Balaban J connectivity index is 1.38. The monoisotopic (exact) mass is 527 g/mol. The van der Waals surface area contributed by atoms with Gasteiger partial charge in [-0.1, -0.05) is 18.2 Å². The number of aromatic nitrogens is 1. The molecule has 186 valence electrons. The Kier molecular flexibility index (Phi) is 6.06. The lowest BCUT2D eigenvalue weighted by Crippen LogP contribution is -2.13. The highest BCUT2D eigenvalue weighted by atomic mass is 32.1. The molecule has 1 aliphatic heterocycles. The molecule has 0 radical (unpaired) electrons. The normalized spacial score (nSPS) is 12.2. The van der Waals surface area contributed by atoms with E-state index in [1.165, 1.54) is 4.88 Å². The lowest BCUT2D eigenvalue weighted by atomic mass is 10.1. The Morgan fingerprint density at radius 2 is 1.78 bits per heavy atom. The van der Waals surface area contributed by atoms with Crippen LogP contribution in [0, 0.1) is 6.92 Å². The Labute approximate surface area is 223 Å². The largest absolute Gasteiger partial charge is 0.454 e. The maximum Gasteiger partial charge on any atom is 0.256 e. The maximum atomic E-state index is 13.3. The van der Waals surface area contributed by atoms with Gasteiger partial charge in [0.25, 0.3) is 5.91 Å². The summed E-state index contributed by atoms with van der Waals surface area (Å²) < 4.78 is 12.2. The standard InChI is InChI=1S/C29H25N3O3S2/c1-17-25(15-18-8-13-22-23(14-18)35-16-34-22)37-29(26(17)28-30-21-6-4-5-7-24(21)36-28)31-27(33)19-9-11-20(12-10-19)32(2)3/h4-14H,15-16H2,1-3H3,(H,31,33). The number of hydrogen-bond acceptors (Lipinski definition) is 7. The van der Waals surface area contributed by atoms with Gasteiger partial charge in [-0.05, 0) is 66.6 Å². The third kappa shape index (κ3) is 4.54. The Hall–Kier alpha value is -3.88. The van der Waals surface area contributed by atoms with Crippen molar-refractivity contribution in [3.8, 4) is 22.1 Å². The van der Waals surface area contributed by atoms with Crippen LogP contribution >= 0.6 is 22.7 Å². The molecule has 0 saturated carbocycles. The van der Waals surface area contributed by atoms with Crippen LogP contribution in [0.15, 0.2) is 66.7 Å². The summed E-state index contributed by atoms with van der Waals surface area (Å²) in [5.41, 5.74) is 5.86. The number of ether oxygens (including phenoxy) is 2. The number of carbonyl (C=O) groups is 1. The van der Waals surface area contributed by atoms with Gasteiger partial charge in [0.1, 0.15) is 10.0 Å². The van der Waals surface area contributed by atoms with E-state index in [-0.39, 0.29) is 12.7 Å². The molecule has 6 nitrogen and oxygen atoms in total. The quantitative estimate of drug-likeness (QED) is 0.258. The van der Waals surface area contributed by atoms with Crippen LogP contribution in [0.2, 0.25) is 0 Å². The van der Waals surface area contributed by atoms with Crippen LogP contribution in [0.5, 0.6) is 11.5 Å². The first-order chi connectivity index (χ1) is 18.0. The summed E-state index contributed by atoms with van der Waals surface area (Å²) in [6, 6.07) is 21.8. The molecule has 0 saturated heterocycles. The molecule has 3 aromatic carbocycles. The SMILES string of the molecule is Cc1c(Cc2ccc3c(c2)OCO3)sc(NC(=O)c2ccc(N(C)C)cc2)c1-c1nc2ccccc2s1. The van der Waals surface area contributed by atoms with Gasteiger partial charge in [0.2, 0.25) is 6.79 Å². The Morgan fingerprint density at radius 3 is 2.57 bits per heavy atom. The zero-order valence-corrected chi connectivity index (χ0v) is 22.3. The first kappa shape index (κ1) is 23.5. The van der Waals surface area contributed by atoms with E-state index in [9.17, 15) is 4.79 Å². The molecule has 3 heterocycles. The second-order valence-corrected chi connectivity index (χ2v) is 11.2. The molecule has 0 atom stereocenters. The van der Waals surface area contributed by atoms with Crippen molar-refractivity contribution in [1.82, 2.24) is 4.98 Å². The minimum Gasteiger partial charge on any atom is -0.454 e. The molecule has 0 aliphatic carbocycles. The van der Waals surface area contributed by atoms with Gasteiger partial charge in [0.15, 0.2) is 11.5 Å². The van der Waals surface area contributed by atoms with Crippen molar-refractivity contribution in [1.29, 1.82) is 0 Å². The fourth-order valence-electron chi connectivity index (χ4n) is 4.38. The van der Waals surface area contributed by atoms with Crippen molar-refractivity contribution in [2.45, 2.75) is 13.3 Å². The van der Waals surface area contributed by atoms with Crippen molar-refractivity contribution in [2.75, 3.05) is 31.1 Å². The third-order valence-electron chi connectivity index (χ3n) is 6.43. The number of benzene rings is 3. The van der Waals surface area contributed by atoms with Crippen LogP contribution in [0.3, 0.4) is 0 Å². The van der Waals surface area contributed by atoms with Crippen molar-refractivity contribution in [2.24, 2.45) is 0 Å². The zero-order chi connectivity index (χ0) is 25.5. The number of carbonyl (C=O) groups excluding carboxylic acids is 1. The van der Waals surface area contributed by atoms with E-state index in [1.807, 2.05) is 73.6 Å².